The third-order valence-electron chi connectivity index (χ3n) is 1.76. The van der Waals surface area contributed by atoms with Gasteiger partial charge in [-0.15, -0.1) is 0 Å². The van der Waals surface area contributed by atoms with Crippen LogP contribution in [0.2, 0.25) is 0 Å². The minimum Gasteiger partial charge on any atom is -0.240 e. The average Bonchev–Trinajstić information content (AvgIpc) is 2.42. The number of fused-ring (bicyclic) bond motifs is 1. The molecule has 2 aromatic rings. The van der Waals surface area contributed by atoms with Gasteiger partial charge in [0.15, 0.2) is 0 Å². The topological polar surface area (TPSA) is 17.3 Å². The maximum Gasteiger partial charge on any atom is 0.120 e. The van der Waals surface area contributed by atoms with E-state index >= 15 is 0 Å². The molecule has 0 spiro atoms. The summed E-state index contributed by atoms with van der Waals surface area (Å²) < 4.78 is 2.13. The first kappa shape index (κ1) is 9.59. The van der Waals surface area contributed by atoms with Crippen LogP contribution in [-0.2, 0) is 0 Å². The van der Waals surface area contributed by atoms with Crippen LogP contribution in [0.15, 0.2) is 35.5 Å². The summed E-state index contributed by atoms with van der Waals surface area (Å²) >= 11 is 1.79. The van der Waals surface area contributed by atoms with E-state index in [1.54, 1.807) is 11.8 Å². The van der Waals surface area contributed by atoms with E-state index in [-0.39, 0.29) is 4.75 Å². The summed E-state index contributed by atoms with van der Waals surface area (Å²) in [4.78, 5) is 0. The van der Waals surface area contributed by atoms with E-state index in [1.165, 1.54) is 0 Å². The molecule has 74 valence electrons. The maximum absolute atomic E-state index is 4.48. The standard InChI is InChI=1S/C11H14N2S/c1-11(2,3)14-10-8-9-6-4-5-7-13(9)12-10/h4-8H,1-3H3. The minimum atomic E-state index is 0.220. The van der Waals surface area contributed by atoms with Crippen molar-refractivity contribution in [3.05, 3.63) is 30.5 Å². The predicted molar refractivity (Wildman–Crippen MR) is 60.8 cm³/mol. The van der Waals surface area contributed by atoms with Gasteiger partial charge in [-0.25, -0.2) is 4.52 Å². The zero-order valence-corrected chi connectivity index (χ0v) is 9.51. The molecule has 2 aromatic heterocycles. The fourth-order valence-electron chi connectivity index (χ4n) is 1.28. The molecule has 2 rings (SSSR count). The third-order valence-corrected chi connectivity index (χ3v) is 2.78. The zero-order chi connectivity index (χ0) is 10.2. The Kier molecular flexibility index (Phi) is 2.27. The second kappa shape index (κ2) is 3.31. The zero-order valence-electron chi connectivity index (χ0n) is 8.69. The molecule has 3 heteroatoms. The molecular formula is C11H14N2S. The molecule has 14 heavy (non-hydrogen) atoms. The van der Waals surface area contributed by atoms with Gasteiger partial charge in [-0.05, 0) is 18.2 Å². The Morgan fingerprint density at radius 3 is 2.71 bits per heavy atom. The van der Waals surface area contributed by atoms with Gasteiger partial charge in [0, 0.05) is 10.9 Å². The first-order chi connectivity index (χ1) is 6.54. The smallest absolute Gasteiger partial charge is 0.120 e. The summed E-state index contributed by atoms with van der Waals surface area (Å²) in [7, 11) is 0. The van der Waals surface area contributed by atoms with Gasteiger partial charge in [0.25, 0.3) is 0 Å². The third kappa shape index (κ3) is 2.10. The molecule has 0 aliphatic rings. The van der Waals surface area contributed by atoms with E-state index in [9.17, 15) is 0 Å². The highest BCUT2D eigenvalue weighted by Gasteiger charge is 2.14. The van der Waals surface area contributed by atoms with Crippen LogP contribution < -0.4 is 0 Å². The summed E-state index contributed by atoms with van der Waals surface area (Å²) in [6, 6.07) is 8.21. The van der Waals surface area contributed by atoms with Crippen LogP contribution in [-0.4, -0.2) is 14.4 Å². The SMILES string of the molecule is CC(C)(C)Sc1cc2ccccn2n1. The summed E-state index contributed by atoms with van der Waals surface area (Å²) in [5, 5.41) is 5.56. The van der Waals surface area contributed by atoms with E-state index in [2.05, 4.69) is 38.0 Å². The lowest BCUT2D eigenvalue weighted by Gasteiger charge is -2.14. The van der Waals surface area contributed by atoms with E-state index in [0.717, 1.165) is 10.5 Å². The summed E-state index contributed by atoms with van der Waals surface area (Å²) in [5.41, 5.74) is 1.15. The molecule has 2 heterocycles. The molecule has 0 saturated carbocycles. The van der Waals surface area contributed by atoms with Crippen molar-refractivity contribution in [2.75, 3.05) is 0 Å². The molecule has 0 radical (unpaired) electrons. The fraction of sp³-hybridized carbons (Fsp3) is 0.364. The van der Waals surface area contributed by atoms with Gasteiger partial charge in [0.2, 0.25) is 0 Å². The van der Waals surface area contributed by atoms with Gasteiger partial charge < -0.3 is 0 Å². The van der Waals surface area contributed by atoms with Crippen molar-refractivity contribution in [1.29, 1.82) is 0 Å². The molecule has 0 saturated heterocycles. The van der Waals surface area contributed by atoms with Gasteiger partial charge in [-0.3, -0.25) is 0 Å². The van der Waals surface area contributed by atoms with Crippen LogP contribution in [0.4, 0.5) is 0 Å². The minimum absolute atomic E-state index is 0.220. The summed E-state index contributed by atoms with van der Waals surface area (Å²) in [6.07, 6.45) is 1.97. The van der Waals surface area contributed by atoms with Crippen LogP contribution >= 0.6 is 11.8 Å². The van der Waals surface area contributed by atoms with E-state index in [0.29, 0.717) is 0 Å². The lowest BCUT2D eigenvalue weighted by molar-refractivity contribution is 0.794. The number of nitrogens with zero attached hydrogens (tertiary/aromatic N) is 2. The summed E-state index contributed by atoms with van der Waals surface area (Å²) in [5.74, 6) is 0. The predicted octanol–water partition coefficient (Wildman–Crippen LogP) is 3.22. The Morgan fingerprint density at radius 1 is 1.29 bits per heavy atom. The molecular weight excluding hydrogens is 192 g/mol. The second-order valence-corrected chi connectivity index (χ2v) is 6.11. The number of thioether (sulfide) groups is 1. The fourth-order valence-corrected chi connectivity index (χ4v) is 2.21. The lowest BCUT2D eigenvalue weighted by atomic mass is 10.3. The Labute approximate surface area is 88.3 Å². The Morgan fingerprint density at radius 2 is 2.07 bits per heavy atom. The van der Waals surface area contributed by atoms with Crippen molar-refractivity contribution in [3.63, 3.8) is 0 Å². The second-order valence-electron chi connectivity index (χ2n) is 4.27. The Hall–Kier alpha value is -0.960. The van der Waals surface area contributed by atoms with Crippen LogP contribution in [0.25, 0.3) is 5.52 Å². The number of aromatic nitrogens is 2. The molecule has 0 amide bonds. The molecule has 0 aliphatic carbocycles. The molecule has 2 nitrogen and oxygen atoms in total. The van der Waals surface area contributed by atoms with Crippen LogP contribution in [0, 0.1) is 0 Å². The van der Waals surface area contributed by atoms with E-state index in [4.69, 9.17) is 0 Å². The van der Waals surface area contributed by atoms with Crippen molar-refractivity contribution in [3.8, 4) is 0 Å². The van der Waals surface area contributed by atoms with Gasteiger partial charge >= 0.3 is 0 Å². The monoisotopic (exact) mass is 206 g/mol. The molecule has 0 fully saturated rings. The van der Waals surface area contributed by atoms with Gasteiger partial charge in [-0.2, -0.15) is 5.10 Å². The van der Waals surface area contributed by atoms with Crippen molar-refractivity contribution in [2.24, 2.45) is 0 Å². The maximum atomic E-state index is 4.48. The van der Waals surface area contributed by atoms with Crippen LogP contribution in [0.1, 0.15) is 20.8 Å². The molecule has 0 unspecified atom stereocenters. The van der Waals surface area contributed by atoms with Crippen molar-refractivity contribution >= 4 is 17.3 Å². The van der Waals surface area contributed by atoms with Crippen LogP contribution in [0.5, 0.6) is 0 Å². The molecule has 0 N–H and O–H groups in total. The first-order valence-electron chi connectivity index (χ1n) is 4.68. The number of hydrogen-bond donors (Lipinski definition) is 0. The van der Waals surface area contributed by atoms with Crippen molar-refractivity contribution in [2.45, 2.75) is 30.5 Å². The first-order valence-corrected chi connectivity index (χ1v) is 5.50. The highest BCUT2D eigenvalue weighted by Crippen LogP contribution is 2.31. The van der Waals surface area contributed by atoms with Gasteiger partial charge in [0.1, 0.15) is 5.03 Å². The van der Waals surface area contributed by atoms with Crippen LogP contribution in [0.3, 0.4) is 0 Å². The number of hydrogen-bond acceptors (Lipinski definition) is 2. The quantitative estimate of drug-likeness (QED) is 0.666. The van der Waals surface area contributed by atoms with Gasteiger partial charge in [-0.1, -0.05) is 38.6 Å². The molecule has 0 atom stereocenters. The highest BCUT2D eigenvalue weighted by molar-refractivity contribution is 8.00. The molecule has 0 aromatic carbocycles. The lowest BCUT2D eigenvalue weighted by Crippen LogP contribution is -2.06. The van der Waals surface area contributed by atoms with E-state index in [1.807, 2.05) is 22.8 Å². The number of rotatable bonds is 1. The highest BCUT2D eigenvalue weighted by atomic mass is 32.2. The number of pyridine rings is 1. The normalized spacial score (nSPS) is 12.2. The van der Waals surface area contributed by atoms with Crippen molar-refractivity contribution in [1.82, 2.24) is 9.61 Å². The molecule has 0 bridgehead atoms. The Balaban J connectivity index is 2.36. The van der Waals surface area contributed by atoms with Crippen molar-refractivity contribution < 1.29 is 0 Å². The van der Waals surface area contributed by atoms with E-state index < -0.39 is 0 Å². The Bertz CT molecular complexity index is 407. The largest absolute Gasteiger partial charge is 0.240 e. The summed E-state index contributed by atoms with van der Waals surface area (Å²) in [6.45, 7) is 6.59. The molecule has 0 aliphatic heterocycles. The van der Waals surface area contributed by atoms with Gasteiger partial charge in [0.05, 0.1) is 5.52 Å². The average molecular weight is 206 g/mol.